The minimum Gasteiger partial charge on any atom is -0.345 e. The summed E-state index contributed by atoms with van der Waals surface area (Å²) in [6.07, 6.45) is 1.80. The molecule has 0 unspecified atom stereocenters. The van der Waals surface area contributed by atoms with Gasteiger partial charge in [0.05, 0.1) is 6.54 Å². The first kappa shape index (κ1) is 10.4. The monoisotopic (exact) mass is 226 g/mol. The predicted octanol–water partition coefficient (Wildman–Crippen LogP) is -0.250. The van der Waals surface area contributed by atoms with Gasteiger partial charge in [0.1, 0.15) is 0 Å². The highest BCUT2D eigenvalue weighted by molar-refractivity contribution is 7.13. The molecule has 1 aliphatic heterocycles. The minimum atomic E-state index is 0.0359. The van der Waals surface area contributed by atoms with Crippen molar-refractivity contribution in [2.24, 2.45) is 5.73 Å². The Hall–Kier alpha value is -1.14. The molecule has 0 spiro atoms. The number of carbonyl (C=O) groups is 1. The maximum absolute atomic E-state index is 11.3. The number of thiazole rings is 1. The fourth-order valence-electron chi connectivity index (χ4n) is 1.65. The second-order valence-corrected chi connectivity index (χ2v) is 4.26. The first-order valence-electron chi connectivity index (χ1n) is 4.93. The summed E-state index contributed by atoms with van der Waals surface area (Å²) in [5.74, 6) is 0.0359. The third-order valence-corrected chi connectivity index (χ3v) is 3.33. The van der Waals surface area contributed by atoms with Crippen LogP contribution in [0.1, 0.15) is 0 Å². The van der Waals surface area contributed by atoms with E-state index in [0.29, 0.717) is 0 Å². The minimum absolute atomic E-state index is 0.0359. The van der Waals surface area contributed by atoms with Crippen LogP contribution in [0.3, 0.4) is 0 Å². The first-order valence-corrected chi connectivity index (χ1v) is 5.81. The molecular weight excluding hydrogens is 212 g/mol. The van der Waals surface area contributed by atoms with Crippen LogP contribution in [0.5, 0.6) is 0 Å². The number of carbonyl (C=O) groups excluding carboxylic acids is 1. The molecule has 2 heterocycles. The normalized spacial score (nSPS) is 16.9. The van der Waals surface area contributed by atoms with Gasteiger partial charge in [-0.2, -0.15) is 0 Å². The highest BCUT2D eigenvalue weighted by Crippen LogP contribution is 2.18. The van der Waals surface area contributed by atoms with Crippen molar-refractivity contribution in [1.82, 2.24) is 9.88 Å². The van der Waals surface area contributed by atoms with Crippen LogP contribution in [-0.4, -0.2) is 48.5 Å². The lowest BCUT2D eigenvalue weighted by molar-refractivity contribution is -0.129. The van der Waals surface area contributed by atoms with Crippen LogP contribution in [0.25, 0.3) is 0 Å². The molecule has 0 saturated carbocycles. The molecule has 15 heavy (non-hydrogen) atoms. The molecule has 2 N–H and O–H groups in total. The molecule has 1 amide bonds. The Morgan fingerprint density at radius 1 is 1.47 bits per heavy atom. The zero-order chi connectivity index (χ0) is 10.7. The number of amides is 1. The third kappa shape index (κ3) is 2.27. The summed E-state index contributed by atoms with van der Waals surface area (Å²) >= 11 is 1.63. The topological polar surface area (TPSA) is 62.5 Å². The van der Waals surface area contributed by atoms with Gasteiger partial charge in [-0.15, -0.1) is 11.3 Å². The lowest BCUT2D eigenvalue weighted by Crippen LogP contribution is -2.50. The van der Waals surface area contributed by atoms with Gasteiger partial charge in [-0.25, -0.2) is 4.98 Å². The zero-order valence-corrected chi connectivity index (χ0v) is 9.24. The largest absolute Gasteiger partial charge is 0.345 e. The number of rotatable bonds is 2. The van der Waals surface area contributed by atoms with Crippen molar-refractivity contribution in [3.8, 4) is 0 Å². The number of piperazine rings is 1. The van der Waals surface area contributed by atoms with E-state index in [4.69, 9.17) is 5.73 Å². The summed E-state index contributed by atoms with van der Waals surface area (Å²) < 4.78 is 0. The molecule has 0 aromatic carbocycles. The second-order valence-electron chi connectivity index (χ2n) is 3.39. The fraction of sp³-hybridized carbons (Fsp3) is 0.556. The Morgan fingerprint density at radius 3 is 2.73 bits per heavy atom. The van der Waals surface area contributed by atoms with Crippen molar-refractivity contribution >= 4 is 22.4 Å². The first-order chi connectivity index (χ1) is 7.31. The number of hydrogen-bond donors (Lipinski definition) is 1. The lowest BCUT2D eigenvalue weighted by Gasteiger charge is -2.34. The summed E-state index contributed by atoms with van der Waals surface area (Å²) in [5.41, 5.74) is 5.32. The van der Waals surface area contributed by atoms with E-state index in [-0.39, 0.29) is 12.5 Å². The van der Waals surface area contributed by atoms with Gasteiger partial charge >= 0.3 is 0 Å². The molecule has 2 rings (SSSR count). The van der Waals surface area contributed by atoms with Crippen LogP contribution >= 0.6 is 11.3 Å². The van der Waals surface area contributed by atoms with Crippen LogP contribution in [-0.2, 0) is 4.79 Å². The molecule has 1 aromatic rings. The summed E-state index contributed by atoms with van der Waals surface area (Å²) in [5, 5.41) is 3.00. The molecule has 6 heteroatoms. The van der Waals surface area contributed by atoms with E-state index in [1.54, 1.807) is 17.5 Å². The van der Waals surface area contributed by atoms with Crippen molar-refractivity contribution in [3.63, 3.8) is 0 Å². The van der Waals surface area contributed by atoms with Crippen molar-refractivity contribution in [1.29, 1.82) is 0 Å². The maximum atomic E-state index is 11.3. The van der Waals surface area contributed by atoms with Gasteiger partial charge in [0, 0.05) is 37.8 Å². The van der Waals surface area contributed by atoms with E-state index in [0.717, 1.165) is 31.3 Å². The van der Waals surface area contributed by atoms with Gasteiger partial charge in [0.15, 0.2) is 5.13 Å². The average molecular weight is 226 g/mol. The fourth-order valence-corrected chi connectivity index (χ4v) is 2.35. The molecule has 1 fully saturated rings. The smallest absolute Gasteiger partial charge is 0.236 e. The highest BCUT2D eigenvalue weighted by Gasteiger charge is 2.20. The standard InChI is InChI=1S/C9H14N4OS/c10-7-8(14)12-2-4-13(5-3-12)9-11-1-6-15-9/h1,6H,2-5,7,10H2. The summed E-state index contributed by atoms with van der Waals surface area (Å²) in [6, 6.07) is 0. The van der Waals surface area contributed by atoms with E-state index in [1.807, 2.05) is 10.3 Å². The van der Waals surface area contributed by atoms with Gasteiger partial charge in [0.25, 0.3) is 0 Å². The number of anilines is 1. The number of nitrogens with two attached hydrogens (primary N) is 1. The third-order valence-electron chi connectivity index (χ3n) is 2.50. The molecule has 1 aromatic heterocycles. The number of aromatic nitrogens is 1. The van der Waals surface area contributed by atoms with Crippen molar-refractivity contribution in [2.75, 3.05) is 37.6 Å². The van der Waals surface area contributed by atoms with Gasteiger partial charge in [-0.05, 0) is 0 Å². The molecule has 82 valence electrons. The van der Waals surface area contributed by atoms with Crippen LogP contribution in [0.15, 0.2) is 11.6 Å². The van der Waals surface area contributed by atoms with Gasteiger partial charge in [-0.1, -0.05) is 0 Å². The maximum Gasteiger partial charge on any atom is 0.236 e. The van der Waals surface area contributed by atoms with Crippen LogP contribution in [0, 0.1) is 0 Å². The Balaban J connectivity index is 1.90. The molecule has 0 atom stereocenters. The van der Waals surface area contributed by atoms with E-state index in [1.165, 1.54) is 0 Å². The molecule has 1 aliphatic rings. The lowest BCUT2D eigenvalue weighted by atomic mass is 10.3. The van der Waals surface area contributed by atoms with Crippen LogP contribution in [0.4, 0.5) is 5.13 Å². The Kier molecular flexibility index (Phi) is 3.17. The SMILES string of the molecule is NCC(=O)N1CCN(c2nccs2)CC1. The molecule has 0 aliphatic carbocycles. The van der Waals surface area contributed by atoms with E-state index in [9.17, 15) is 4.79 Å². The van der Waals surface area contributed by atoms with E-state index < -0.39 is 0 Å². The quantitative estimate of drug-likeness (QED) is 0.755. The van der Waals surface area contributed by atoms with Crippen molar-refractivity contribution in [2.45, 2.75) is 0 Å². The van der Waals surface area contributed by atoms with Gasteiger partial charge < -0.3 is 15.5 Å². The zero-order valence-electron chi connectivity index (χ0n) is 8.43. The Labute approximate surface area is 92.5 Å². The predicted molar refractivity (Wildman–Crippen MR) is 60.0 cm³/mol. The molecular formula is C9H14N4OS. The summed E-state index contributed by atoms with van der Waals surface area (Å²) in [4.78, 5) is 19.6. The molecule has 1 saturated heterocycles. The highest BCUT2D eigenvalue weighted by atomic mass is 32.1. The number of nitrogens with zero attached hydrogens (tertiary/aromatic N) is 3. The van der Waals surface area contributed by atoms with E-state index in [2.05, 4.69) is 9.88 Å². The Morgan fingerprint density at radius 2 is 2.20 bits per heavy atom. The average Bonchev–Trinajstić information content (AvgIpc) is 2.82. The van der Waals surface area contributed by atoms with Crippen molar-refractivity contribution < 1.29 is 4.79 Å². The second kappa shape index (κ2) is 4.59. The van der Waals surface area contributed by atoms with Gasteiger partial charge in [0.2, 0.25) is 5.91 Å². The summed E-state index contributed by atoms with van der Waals surface area (Å²) in [6.45, 7) is 3.29. The summed E-state index contributed by atoms with van der Waals surface area (Å²) in [7, 11) is 0. The van der Waals surface area contributed by atoms with Crippen molar-refractivity contribution in [3.05, 3.63) is 11.6 Å². The molecule has 5 nitrogen and oxygen atoms in total. The van der Waals surface area contributed by atoms with Crippen LogP contribution in [0.2, 0.25) is 0 Å². The number of hydrogen-bond acceptors (Lipinski definition) is 5. The van der Waals surface area contributed by atoms with Gasteiger partial charge in [-0.3, -0.25) is 4.79 Å². The molecule has 0 bridgehead atoms. The Bertz CT molecular complexity index is 319. The van der Waals surface area contributed by atoms with E-state index >= 15 is 0 Å². The van der Waals surface area contributed by atoms with Crippen LogP contribution < -0.4 is 10.6 Å². The molecule has 0 radical (unpaired) electrons.